The zero-order valence-corrected chi connectivity index (χ0v) is 19.5. The molecule has 8 heteroatoms. The summed E-state index contributed by atoms with van der Waals surface area (Å²) in [5.41, 5.74) is -5.76. The number of carbonyl (C=O) groups is 2. The number of aliphatic hydroxyl groups is 2. The Labute approximate surface area is 192 Å². The van der Waals surface area contributed by atoms with E-state index in [1.165, 1.54) is 0 Å². The molecule has 2 N–H and O–H groups in total. The molecule has 5 rings (SSSR count). The maximum Gasteiger partial charge on any atom is 0.193 e. The number of allylic oxidation sites excluding steroid dienone is 2. The van der Waals surface area contributed by atoms with E-state index >= 15 is 8.78 Å². The van der Waals surface area contributed by atoms with Crippen molar-refractivity contribution in [3.63, 3.8) is 0 Å². The van der Waals surface area contributed by atoms with E-state index in [2.05, 4.69) is 0 Å². The van der Waals surface area contributed by atoms with Crippen molar-refractivity contribution in [2.75, 3.05) is 6.61 Å². The number of alkyl halides is 1. The first-order valence-electron chi connectivity index (χ1n) is 12.2. The molecule has 0 radical (unpaired) electrons. The molecule has 0 aromatic rings. The van der Waals surface area contributed by atoms with Crippen LogP contribution in [0.4, 0.5) is 8.78 Å². The number of hydrogen-bond donors (Lipinski definition) is 2. The summed E-state index contributed by atoms with van der Waals surface area (Å²) >= 11 is 0. The Bertz CT molecular complexity index is 921. The number of carbonyl (C=O) groups excluding carboxylic acids is 2. The second-order valence-electron chi connectivity index (χ2n) is 11.3. The Morgan fingerprint density at radius 3 is 2.67 bits per heavy atom. The molecule has 4 fully saturated rings. The number of halogens is 2. The Hall–Kier alpha value is -1.22. The summed E-state index contributed by atoms with van der Waals surface area (Å²) in [4.78, 5) is 25.3. The molecule has 3 saturated carbocycles. The SMILES string of the molecule is CCC[C@@H]1O[C@@H]2CC3C4CC(F)=C5CC(=O)CC[C@]5(C)[C@@]4(F)[C@@H](O)C[C@]3(C)[C@]2(C(=O)CO)O1. The van der Waals surface area contributed by atoms with Crippen molar-refractivity contribution < 1.29 is 38.1 Å². The largest absolute Gasteiger partial charge is 0.390 e. The summed E-state index contributed by atoms with van der Waals surface area (Å²) in [6, 6.07) is 0. The van der Waals surface area contributed by atoms with Crippen LogP contribution in [0.25, 0.3) is 0 Å². The van der Waals surface area contributed by atoms with Crippen molar-refractivity contribution in [3.8, 4) is 0 Å². The van der Waals surface area contributed by atoms with Gasteiger partial charge in [-0.25, -0.2) is 8.78 Å². The Morgan fingerprint density at radius 2 is 2.00 bits per heavy atom. The van der Waals surface area contributed by atoms with Crippen LogP contribution >= 0.6 is 0 Å². The fourth-order valence-corrected chi connectivity index (χ4v) is 8.35. The van der Waals surface area contributed by atoms with E-state index in [4.69, 9.17) is 9.47 Å². The minimum atomic E-state index is -2.13. The molecule has 1 saturated heterocycles. The first-order valence-corrected chi connectivity index (χ1v) is 12.2. The van der Waals surface area contributed by atoms with Gasteiger partial charge in [-0.05, 0) is 37.2 Å². The van der Waals surface area contributed by atoms with Gasteiger partial charge in [-0.15, -0.1) is 0 Å². The first-order chi connectivity index (χ1) is 15.5. The van der Waals surface area contributed by atoms with Gasteiger partial charge in [-0.3, -0.25) is 9.59 Å². The van der Waals surface area contributed by atoms with Crippen molar-refractivity contribution in [3.05, 3.63) is 11.4 Å². The van der Waals surface area contributed by atoms with Crippen LogP contribution in [-0.2, 0) is 19.1 Å². The van der Waals surface area contributed by atoms with Gasteiger partial charge in [0.1, 0.15) is 23.9 Å². The van der Waals surface area contributed by atoms with Crippen molar-refractivity contribution in [1.29, 1.82) is 0 Å². The highest BCUT2D eigenvalue weighted by Gasteiger charge is 2.79. The normalized spacial score (nSPS) is 51.1. The first kappa shape index (κ1) is 23.5. The highest BCUT2D eigenvalue weighted by atomic mass is 19.1. The maximum atomic E-state index is 17.2. The molecule has 0 amide bonds. The lowest BCUT2D eigenvalue weighted by atomic mass is 9.44. The molecule has 1 heterocycles. The molecule has 1 aliphatic heterocycles. The average Bonchev–Trinajstić information content (AvgIpc) is 3.24. The van der Waals surface area contributed by atoms with E-state index in [0.717, 1.165) is 6.42 Å². The van der Waals surface area contributed by atoms with Crippen LogP contribution in [0.5, 0.6) is 0 Å². The van der Waals surface area contributed by atoms with Crippen LogP contribution in [0, 0.1) is 22.7 Å². The molecule has 5 aliphatic rings. The summed E-state index contributed by atoms with van der Waals surface area (Å²) in [5, 5.41) is 21.3. The fourth-order valence-electron chi connectivity index (χ4n) is 8.35. The van der Waals surface area contributed by atoms with Gasteiger partial charge in [0.15, 0.2) is 17.7 Å². The highest BCUT2D eigenvalue weighted by molar-refractivity contribution is 5.91. The second-order valence-corrected chi connectivity index (χ2v) is 11.3. The minimum Gasteiger partial charge on any atom is -0.390 e. The molecule has 0 aromatic carbocycles. The number of Topliss-reactive ketones (excluding diaryl/α,β-unsaturated/α-hetero) is 2. The summed E-state index contributed by atoms with van der Waals surface area (Å²) in [5.74, 6) is -2.49. The van der Waals surface area contributed by atoms with Crippen LogP contribution in [0.15, 0.2) is 11.4 Å². The van der Waals surface area contributed by atoms with Crippen LogP contribution < -0.4 is 0 Å². The van der Waals surface area contributed by atoms with Gasteiger partial charge in [0, 0.05) is 36.0 Å². The monoisotopic (exact) mass is 468 g/mol. The molecule has 2 unspecified atom stereocenters. The fraction of sp³-hybridized carbons (Fsp3) is 0.840. The standard InChI is InChI=1S/C25H34F2O6/c1-4-5-21-32-20-10-14-15-9-17(26)16-8-13(29)6-7-22(16,2)24(15,27)18(30)11-23(14,3)25(20,33-21)19(31)12-28/h14-15,18,20-21,28,30H,4-12H2,1-3H3/t14?,15?,18-,20+,21+,22-,23-,24-,25+/m0/s1. The summed E-state index contributed by atoms with van der Waals surface area (Å²) < 4.78 is 45.1. The quantitative estimate of drug-likeness (QED) is 0.658. The number of hydrogen-bond acceptors (Lipinski definition) is 6. The maximum absolute atomic E-state index is 17.2. The lowest BCUT2D eigenvalue weighted by Gasteiger charge is -2.63. The molecular formula is C25H34F2O6. The van der Waals surface area contributed by atoms with E-state index in [0.29, 0.717) is 12.8 Å². The topological polar surface area (TPSA) is 93.1 Å². The van der Waals surface area contributed by atoms with Crippen molar-refractivity contribution in [2.24, 2.45) is 22.7 Å². The molecule has 0 spiro atoms. The highest BCUT2D eigenvalue weighted by Crippen LogP contribution is 2.72. The zero-order chi connectivity index (χ0) is 24.0. The van der Waals surface area contributed by atoms with E-state index in [-0.39, 0.29) is 43.5 Å². The van der Waals surface area contributed by atoms with Crippen LogP contribution in [0.2, 0.25) is 0 Å². The summed E-state index contributed by atoms with van der Waals surface area (Å²) in [7, 11) is 0. The van der Waals surface area contributed by atoms with Crippen molar-refractivity contribution >= 4 is 11.6 Å². The number of ether oxygens (including phenoxy) is 2. The molecule has 0 aromatic heterocycles. The molecule has 6 nitrogen and oxygen atoms in total. The average molecular weight is 469 g/mol. The van der Waals surface area contributed by atoms with Gasteiger partial charge in [0.2, 0.25) is 0 Å². The third-order valence-corrected chi connectivity index (χ3v) is 9.95. The second kappa shape index (κ2) is 7.39. The van der Waals surface area contributed by atoms with Gasteiger partial charge < -0.3 is 19.7 Å². The number of rotatable bonds is 4. The van der Waals surface area contributed by atoms with Gasteiger partial charge in [0.05, 0.1) is 12.2 Å². The van der Waals surface area contributed by atoms with Crippen LogP contribution in [-0.4, -0.2) is 58.2 Å². The lowest BCUT2D eigenvalue weighted by molar-refractivity contribution is -0.236. The third-order valence-electron chi connectivity index (χ3n) is 9.95. The summed E-state index contributed by atoms with van der Waals surface area (Å²) in [6.45, 7) is 4.66. The van der Waals surface area contributed by atoms with Gasteiger partial charge in [-0.1, -0.05) is 27.2 Å². The van der Waals surface area contributed by atoms with Crippen LogP contribution in [0.3, 0.4) is 0 Å². The minimum absolute atomic E-state index is 0.0620. The Kier molecular flexibility index (Phi) is 5.27. The predicted molar refractivity (Wildman–Crippen MR) is 113 cm³/mol. The molecule has 33 heavy (non-hydrogen) atoms. The van der Waals surface area contributed by atoms with E-state index in [1.54, 1.807) is 13.8 Å². The van der Waals surface area contributed by atoms with Crippen molar-refractivity contribution in [1.82, 2.24) is 0 Å². The zero-order valence-electron chi connectivity index (χ0n) is 19.5. The van der Waals surface area contributed by atoms with Crippen LogP contribution in [0.1, 0.15) is 72.1 Å². The Balaban J connectivity index is 1.62. The lowest BCUT2D eigenvalue weighted by Crippen LogP contribution is -2.70. The Morgan fingerprint density at radius 1 is 1.27 bits per heavy atom. The number of aliphatic hydroxyl groups excluding tert-OH is 2. The molecule has 0 bridgehead atoms. The molecule has 9 atom stereocenters. The molecular weight excluding hydrogens is 434 g/mol. The number of fused-ring (bicyclic) bond motifs is 7. The van der Waals surface area contributed by atoms with Gasteiger partial charge in [0.25, 0.3) is 0 Å². The van der Waals surface area contributed by atoms with E-state index < -0.39 is 70.7 Å². The van der Waals surface area contributed by atoms with E-state index in [9.17, 15) is 19.8 Å². The predicted octanol–water partition coefficient (Wildman–Crippen LogP) is 3.33. The van der Waals surface area contributed by atoms with E-state index in [1.807, 2.05) is 6.92 Å². The van der Waals surface area contributed by atoms with Crippen molar-refractivity contribution in [2.45, 2.75) is 102 Å². The van der Waals surface area contributed by atoms with Gasteiger partial charge in [-0.2, -0.15) is 0 Å². The van der Waals surface area contributed by atoms with Gasteiger partial charge >= 0.3 is 0 Å². The molecule has 184 valence electrons. The molecule has 4 aliphatic carbocycles. The number of ketones is 2. The summed E-state index contributed by atoms with van der Waals surface area (Å²) in [6.07, 6.45) is -1.22. The smallest absolute Gasteiger partial charge is 0.193 e. The third kappa shape index (κ3) is 2.67.